The molecule has 0 saturated heterocycles. The maximum Gasteiger partial charge on any atom is 0.416 e. The molecule has 0 heterocycles. The summed E-state index contributed by atoms with van der Waals surface area (Å²) in [4.78, 5) is 0. The number of alkyl halides is 6. The lowest BCUT2D eigenvalue weighted by Crippen LogP contribution is -2.37. The minimum atomic E-state index is -4.89. The molecule has 0 aliphatic rings. The van der Waals surface area contributed by atoms with Crippen molar-refractivity contribution in [1.82, 2.24) is 0 Å². The van der Waals surface area contributed by atoms with Crippen LogP contribution in [0.25, 0.3) is 44.2 Å². The Hall–Kier alpha value is -3.84. The number of benzene rings is 5. The molecule has 0 radical (unpaired) electrons. The average Bonchev–Trinajstić information content (AvgIpc) is 2.91. The Morgan fingerprint density at radius 2 is 0.750 bits per heavy atom. The van der Waals surface area contributed by atoms with E-state index in [2.05, 4.69) is 56.0 Å². The molecule has 0 N–H and O–H groups in total. The fourth-order valence-electron chi connectivity index (χ4n) is 4.74. The van der Waals surface area contributed by atoms with Crippen LogP contribution in [0.2, 0.25) is 19.6 Å². The van der Waals surface area contributed by atoms with Crippen LogP contribution in [0.5, 0.6) is 0 Å². The predicted molar refractivity (Wildman–Crippen MR) is 153 cm³/mol. The molecule has 0 bridgehead atoms. The molecule has 0 aliphatic carbocycles. The second-order valence-electron chi connectivity index (χ2n) is 11.0. The van der Waals surface area contributed by atoms with Crippen LogP contribution in [-0.4, -0.2) is 8.07 Å². The molecule has 0 fully saturated rings. The van der Waals surface area contributed by atoms with Gasteiger partial charge in [0.25, 0.3) is 0 Å². The fourth-order valence-corrected chi connectivity index (χ4v) is 5.91. The van der Waals surface area contributed by atoms with Gasteiger partial charge in [0.15, 0.2) is 0 Å². The second-order valence-corrected chi connectivity index (χ2v) is 16.1. The van der Waals surface area contributed by atoms with Gasteiger partial charge in [-0.25, -0.2) is 0 Å². The first-order valence-electron chi connectivity index (χ1n) is 12.7. The summed E-state index contributed by atoms with van der Waals surface area (Å²) in [5, 5.41) is 2.95. The summed E-state index contributed by atoms with van der Waals surface area (Å²) in [6, 6.07) is 29.2. The standard InChI is InChI=1S/C33H26F6Si/c1-40(2,3)31-14-12-22(13-15-31)21-4-6-23(7-5-21)24-8-9-26-17-27(11-10-25(26)16-24)28-18-29(32(34,35)36)20-30(19-28)33(37,38)39/h4-20H,1-3H3. The molecule has 0 aromatic heterocycles. The Morgan fingerprint density at radius 3 is 1.15 bits per heavy atom. The van der Waals surface area contributed by atoms with Gasteiger partial charge in [0, 0.05) is 0 Å². The van der Waals surface area contributed by atoms with Crippen LogP contribution in [-0.2, 0) is 12.4 Å². The van der Waals surface area contributed by atoms with E-state index in [-0.39, 0.29) is 17.2 Å². The van der Waals surface area contributed by atoms with Gasteiger partial charge in [-0.15, -0.1) is 0 Å². The van der Waals surface area contributed by atoms with Gasteiger partial charge in [0.05, 0.1) is 19.2 Å². The number of hydrogen-bond acceptors (Lipinski definition) is 0. The Balaban J connectivity index is 1.44. The summed E-state index contributed by atoms with van der Waals surface area (Å²) in [5.74, 6) is 0. The van der Waals surface area contributed by atoms with Crippen molar-refractivity contribution in [2.24, 2.45) is 0 Å². The molecule has 5 rings (SSSR count). The molecule has 0 nitrogen and oxygen atoms in total. The zero-order chi connectivity index (χ0) is 28.9. The molecule has 0 unspecified atom stereocenters. The van der Waals surface area contributed by atoms with E-state index < -0.39 is 31.6 Å². The zero-order valence-corrected chi connectivity index (χ0v) is 23.1. The van der Waals surface area contributed by atoms with Crippen molar-refractivity contribution in [2.75, 3.05) is 0 Å². The first kappa shape index (κ1) is 27.7. The highest BCUT2D eigenvalue weighted by Gasteiger charge is 2.37. The number of rotatable bonds is 4. The van der Waals surface area contributed by atoms with E-state index in [1.165, 1.54) is 5.19 Å². The largest absolute Gasteiger partial charge is 0.416 e. The van der Waals surface area contributed by atoms with Gasteiger partial charge in [0.1, 0.15) is 0 Å². The smallest absolute Gasteiger partial charge is 0.166 e. The van der Waals surface area contributed by atoms with Crippen LogP contribution in [0.15, 0.2) is 103 Å². The number of fused-ring (bicyclic) bond motifs is 1. The summed E-state index contributed by atoms with van der Waals surface area (Å²) in [6.07, 6.45) is -9.79. The van der Waals surface area contributed by atoms with Crippen molar-refractivity contribution in [3.63, 3.8) is 0 Å². The minimum Gasteiger partial charge on any atom is -0.166 e. The van der Waals surface area contributed by atoms with Gasteiger partial charge in [0.2, 0.25) is 0 Å². The summed E-state index contributed by atoms with van der Waals surface area (Å²) >= 11 is 0. The van der Waals surface area contributed by atoms with Gasteiger partial charge in [-0.2, -0.15) is 26.3 Å². The normalized spacial score (nSPS) is 12.6. The fraction of sp³-hybridized carbons (Fsp3) is 0.152. The molecule has 0 saturated carbocycles. The molecular weight excluding hydrogens is 538 g/mol. The van der Waals surface area contributed by atoms with Crippen molar-refractivity contribution >= 4 is 24.0 Å². The second kappa shape index (κ2) is 9.97. The molecule has 5 aromatic rings. The van der Waals surface area contributed by atoms with Crippen LogP contribution in [0.1, 0.15) is 11.1 Å². The van der Waals surface area contributed by atoms with Gasteiger partial charge in [-0.1, -0.05) is 97.6 Å². The van der Waals surface area contributed by atoms with E-state index in [0.717, 1.165) is 39.8 Å². The zero-order valence-electron chi connectivity index (χ0n) is 22.1. The molecule has 40 heavy (non-hydrogen) atoms. The molecule has 0 atom stereocenters. The third kappa shape index (κ3) is 5.84. The highest BCUT2D eigenvalue weighted by atomic mass is 28.3. The van der Waals surface area contributed by atoms with Crippen molar-refractivity contribution in [1.29, 1.82) is 0 Å². The van der Waals surface area contributed by atoms with Crippen molar-refractivity contribution < 1.29 is 26.3 Å². The lowest BCUT2D eigenvalue weighted by molar-refractivity contribution is -0.143. The molecular formula is C33H26F6Si. The monoisotopic (exact) mass is 564 g/mol. The Kier molecular flexibility index (Phi) is 6.90. The first-order chi connectivity index (χ1) is 18.7. The SMILES string of the molecule is C[Si](C)(C)c1ccc(-c2ccc(-c3ccc4cc(-c5cc(C(F)(F)F)cc(C(F)(F)F)c5)ccc4c3)cc2)cc1. The number of halogens is 6. The van der Waals surface area contributed by atoms with E-state index in [4.69, 9.17) is 0 Å². The summed E-state index contributed by atoms with van der Waals surface area (Å²) in [6.45, 7) is 6.95. The van der Waals surface area contributed by atoms with Gasteiger partial charge >= 0.3 is 12.4 Å². The Morgan fingerprint density at radius 1 is 0.400 bits per heavy atom. The quantitative estimate of drug-likeness (QED) is 0.150. The van der Waals surface area contributed by atoms with Crippen molar-refractivity contribution in [3.8, 4) is 33.4 Å². The summed E-state index contributed by atoms with van der Waals surface area (Å²) < 4.78 is 79.9. The lowest BCUT2D eigenvalue weighted by atomic mass is 9.95. The Bertz CT molecular complexity index is 1640. The van der Waals surface area contributed by atoms with E-state index >= 15 is 0 Å². The predicted octanol–water partition coefficient (Wildman–Crippen LogP) is 10.4. The van der Waals surface area contributed by atoms with Gasteiger partial charge in [-0.05, 0) is 74.5 Å². The molecule has 204 valence electrons. The van der Waals surface area contributed by atoms with Crippen LogP contribution in [0.3, 0.4) is 0 Å². The maximum atomic E-state index is 13.3. The highest BCUT2D eigenvalue weighted by molar-refractivity contribution is 6.88. The molecule has 0 amide bonds. The van der Waals surface area contributed by atoms with Gasteiger partial charge in [-0.3, -0.25) is 0 Å². The van der Waals surface area contributed by atoms with E-state index in [1.54, 1.807) is 18.2 Å². The van der Waals surface area contributed by atoms with Crippen LogP contribution < -0.4 is 5.19 Å². The maximum absolute atomic E-state index is 13.3. The van der Waals surface area contributed by atoms with Crippen LogP contribution >= 0.6 is 0 Å². The molecule has 7 heteroatoms. The van der Waals surface area contributed by atoms with E-state index in [9.17, 15) is 26.3 Å². The first-order valence-corrected chi connectivity index (χ1v) is 16.2. The Labute approximate surface area is 229 Å². The minimum absolute atomic E-state index is 0.137. The van der Waals surface area contributed by atoms with Crippen LogP contribution in [0.4, 0.5) is 26.3 Å². The molecule has 5 aromatic carbocycles. The van der Waals surface area contributed by atoms with E-state index in [1.807, 2.05) is 30.3 Å². The number of hydrogen-bond donors (Lipinski definition) is 0. The molecule has 0 spiro atoms. The van der Waals surface area contributed by atoms with Gasteiger partial charge < -0.3 is 0 Å². The highest BCUT2D eigenvalue weighted by Crippen LogP contribution is 2.39. The molecule has 0 aliphatic heterocycles. The van der Waals surface area contributed by atoms with Crippen LogP contribution in [0, 0.1) is 0 Å². The third-order valence-corrected chi connectivity index (χ3v) is 9.13. The van der Waals surface area contributed by atoms with E-state index in [0.29, 0.717) is 5.39 Å². The summed E-state index contributed by atoms with van der Waals surface area (Å²) in [7, 11) is -1.37. The third-order valence-electron chi connectivity index (χ3n) is 7.06. The topological polar surface area (TPSA) is 0 Å². The lowest BCUT2D eigenvalue weighted by Gasteiger charge is -2.16. The van der Waals surface area contributed by atoms with Crippen molar-refractivity contribution in [3.05, 3.63) is 114 Å². The summed E-state index contributed by atoms with van der Waals surface area (Å²) in [5.41, 5.74) is 1.69. The average molecular weight is 565 g/mol. The van der Waals surface area contributed by atoms with Crippen molar-refractivity contribution in [2.45, 2.75) is 32.0 Å².